The zero-order valence-corrected chi connectivity index (χ0v) is 16.5. The predicted molar refractivity (Wildman–Crippen MR) is 105 cm³/mol. The van der Waals surface area contributed by atoms with Gasteiger partial charge in [0.25, 0.3) is 0 Å². The number of carboxylic acids is 1. The molecule has 28 heavy (non-hydrogen) atoms. The molecule has 0 unspecified atom stereocenters. The standard InChI is InChI=1S/C20H31NO7/c1-2-3-9-21-18-6-4-17(5-7-18)20(24)28-16-15-27-14-13-26-12-11-25-10-8-19(22)23/h4-7,21H,2-3,8-16H2,1H3,(H,22,23). The molecule has 0 aliphatic rings. The Morgan fingerprint density at radius 1 is 0.893 bits per heavy atom. The first kappa shape index (κ1) is 23.9. The number of rotatable bonds is 17. The van der Waals surface area contributed by atoms with Gasteiger partial charge in [-0.3, -0.25) is 4.79 Å². The Balaban J connectivity index is 1.98. The van der Waals surface area contributed by atoms with Crippen LogP contribution in [0.15, 0.2) is 24.3 Å². The Hall–Kier alpha value is -2.16. The van der Waals surface area contributed by atoms with Gasteiger partial charge in [-0.1, -0.05) is 13.3 Å². The summed E-state index contributed by atoms with van der Waals surface area (Å²) in [6.45, 7) is 5.19. The predicted octanol–water partition coefficient (Wildman–Crippen LogP) is 2.58. The van der Waals surface area contributed by atoms with Gasteiger partial charge in [0.15, 0.2) is 0 Å². The molecular weight excluding hydrogens is 366 g/mol. The van der Waals surface area contributed by atoms with E-state index in [2.05, 4.69) is 12.2 Å². The van der Waals surface area contributed by atoms with Gasteiger partial charge in [0.05, 0.1) is 51.6 Å². The summed E-state index contributed by atoms with van der Waals surface area (Å²) in [5.41, 5.74) is 1.49. The first-order valence-corrected chi connectivity index (χ1v) is 9.59. The molecule has 1 aromatic rings. The zero-order chi connectivity index (χ0) is 20.5. The molecule has 1 aromatic carbocycles. The minimum atomic E-state index is -0.883. The van der Waals surface area contributed by atoms with Gasteiger partial charge in [0.1, 0.15) is 6.61 Å². The third-order valence-corrected chi connectivity index (χ3v) is 3.65. The maximum Gasteiger partial charge on any atom is 0.338 e. The quantitative estimate of drug-likeness (QED) is 0.305. The van der Waals surface area contributed by atoms with Crippen LogP contribution in [0.3, 0.4) is 0 Å². The fraction of sp³-hybridized carbons (Fsp3) is 0.600. The molecular formula is C20H31NO7. The molecule has 2 N–H and O–H groups in total. The largest absolute Gasteiger partial charge is 0.481 e. The molecule has 0 amide bonds. The number of carbonyl (C=O) groups excluding carboxylic acids is 1. The van der Waals surface area contributed by atoms with Crippen LogP contribution in [0, 0.1) is 0 Å². The average molecular weight is 397 g/mol. The number of nitrogens with one attached hydrogen (secondary N) is 1. The highest BCUT2D eigenvalue weighted by Gasteiger charge is 2.06. The first-order valence-electron chi connectivity index (χ1n) is 9.59. The van der Waals surface area contributed by atoms with E-state index < -0.39 is 5.97 Å². The van der Waals surface area contributed by atoms with E-state index in [-0.39, 0.29) is 25.6 Å². The molecule has 0 heterocycles. The minimum Gasteiger partial charge on any atom is -0.481 e. The lowest BCUT2D eigenvalue weighted by atomic mass is 10.2. The van der Waals surface area contributed by atoms with Crippen LogP contribution in [0.2, 0.25) is 0 Å². The number of carboxylic acid groups (broad SMARTS) is 1. The highest BCUT2D eigenvalue weighted by Crippen LogP contribution is 2.10. The van der Waals surface area contributed by atoms with E-state index in [0.29, 0.717) is 38.6 Å². The lowest BCUT2D eigenvalue weighted by Crippen LogP contribution is -2.14. The highest BCUT2D eigenvalue weighted by molar-refractivity contribution is 5.89. The maximum absolute atomic E-state index is 11.9. The van der Waals surface area contributed by atoms with Crippen molar-refractivity contribution in [1.29, 1.82) is 0 Å². The van der Waals surface area contributed by atoms with Crippen LogP contribution < -0.4 is 5.32 Å². The van der Waals surface area contributed by atoms with Crippen molar-refractivity contribution in [3.63, 3.8) is 0 Å². The van der Waals surface area contributed by atoms with E-state index >= 15 is 0 Å². The van der Waals surface area contributed by atoms with Crippen molar-refractivity contribution in [2.24, 2.45) is 0 Å². The molecule has 0 fully saturated rings. The van der Waals surface area contributed by atoms with Crippen LogP contribution in [0.4, 0.5) is 5.69 Å². The molecule has 0 radical (unpaired) electrons. The van der Waals surface area contributed by atoms with Crippen molar-refractivity contribution >= 4 is 17.6 Å². The topological polar surface area (TPSA) is 103 Å². The highest BCUT2D eigenvalue weighted by atomic mass is 16.6. The molecule has 0 spiro atoms. The summed E-state index contributed by atoms with van der Waals surface area (Å²) in [5, 5.41) is 11.7. The lowest BCUT2D eigenvalue weighted by molar-refractivity contribution is -0.138. The Morgan fingerprint density at radius 3 is 2.04 bits per heavy atom. The number of aliphatic carboxylic acids is 1. The molecule has 8 heteroatoms. The van der Waals surface area contributed by atoms with Gasteiger partial charge in [-0.2, -0.15) is 0 Å². The monoisotopic (exact) mass is 397 g/mol. The van der Waals surface area contributed by atoms with Gasteiger partial charge in [-0.05, 0) is 30.7 Å². The molecule has 158 valence electrons. The SMILES string of the molecule is CCCCNc1ccc(C(=O)OCCOCCOCCOCCC(=O)O)cc1. The third-order valence-electron chi connectivity index (χ3n) is 3.65. The Labute approximate surface area is 166 Å². The van der Waals surface area contributed by atoms with Gasteiger partial charge in [-0.25, -0.2) is 4.79 Å². The molecule has 0 aliphatic heterocycles. The fourth-order valence-electron chi connectivity index (χ4n) is 2.11. The third kappa shape index (κ3) is 12.3. The number of hydrogen-bond acceptors (Lipinski definition) is 7. The number of benzene rings is 1. The number of anilines is 1. The second-order valence-electron chi connectivity index (χ2n) is 5.97. The van der Waals surface area contributed by atoms with Crippen LogP contribution in [-0.4, -0.2) is 69.8 Å². The van der Waals surface area contributed by atoms with Gasteiger partial charge < -0.3 is 29.4 Å². The first-order chi connectivity index (χ1) is 13.6. The lowest BCUT2D eigenvalue weighted by Gasteiger charge is -2.08. The van der Waals surface area contributed by atoms with Crippen molar-refractivity contribution in [1.82, 2.24) is 0 Å². The van der Waals surface area contributed by atoms with Crippen LogP contribution in [0.25, 0.3) is 0 Å². The Morgan fingerprint density at radius 2 is 1.46 bits per heavy atom. The molecule has 1 rings (SSSR count). The van der Waals surface area contributed by atoms with Gasteiger partial charge in [-0.15, -0.1) is 0 Å². The summed E-state index contributed by atoms with van der Waals surface area (Å²) in [7, 11) is 0. The number of carbonyl (C=O) groups is 2. The van der Waals surface area contributed by atoms with Gasteiger partial charge in [0.2, 0.25) is 0 Å². The second-order valence-corrected chi connectivity index (χ2v) is 5.97. The molecule has 0 bridgehead atoms. The molecule has 0 aromatic heterocycles. The summed E-state index contributed by atoms with van der Waals surface area (Å²) >= 11 is 0. The smallest absolute Gasteiger partial charge is 0.338 e. The Bertz CT molecular complexity index is 548. The fourth-order valence-corrected chi connectivity index (χ4v) is 2.11. The van der Waals surface area contributed by atoms with Crippen LogP contribution in [0.1, 0.15) is 36.5 Å². The van der Waals surface area contributed by atoms with E-state index in [1.165, 1.54) is 0 Å². The maximum atomic E-state index is 11.9. The number of esters is 1. The molecule has 0 aliphatic carbocycles. The summed E-state index contributed by atoms with van der Waals surface area (Å²) < 4.78 is 20.8. The average Bonchev–Trinajstić information content (AvgIpc) is 2.69. The summed E-state index contributed by atoms with van der Waals surface area (Å²) in [5.74, 6) is -1.26. The molecule has 0 saturated heterocycles. The van der Waals surface area contributed by atoms with E-state index in [9.17, 15) is 9.59 Å². The number of unbranched alkanes of at least 4 members (excludes halogenated alkanes) is 1. The van der Waals surface area contributed by atoms with Crippen molar-refractivity contribution in [3.05, 3.63) is 29.8 Å². The Kier molecular flexibility index (Phi) is 13.5. The van der Waals surface area contributed by atoms with Gasteiger partial charge >= 0.3 is 11.9 Å². The zero-order valence-electron chi connectivity index (χ0n) is 16.5. The molecule has 0 saturated carbocycles. The van der Waals surface area contributed by atoms with E-state index in [1.54, 1.807) is 12.1 Å². The minimum absolute atomic E-state index is 0.0121. The summed E-state index contributed by atoms with van der Waals surface area (Å²) in [6, 6.07) is 7.21. The second kappa shape index (κ2) is 15.9. The number of ether oxygens (including phenoxy) is 4. The van der Waals surface area contributed by atoms with Crippen molar-refractivity contribution in [3.8, 4) is 0 Å². The van der Waals surface area contributed by atoms with E-state index in [0.717, 1.165) is 25.1 Å². The molecule has 0 atom stereocenters. The van der Waals surface area contributed by atoms with E-state index in [4.69, 9.17) is 24.1 Å². The van der Waals surface area contributed by atoms with Crippen LogP contribution >= 0.6 is 0 Å². The van der Waals surface area contributed by atoms with Crippen molar-refractivity contribution in [2.45, 2.75) is 26.2 Å². The van der Waals surface area contributed by atoms with Gasteiger partial charge in [0, 0.05) is 12.2 Å². The van der Waals surface area contributed by atoms with E-state index in [1.807, 2.05) is 12.1 Å². The van der Waals surface area contributed by atoms with Crippen LogP contribution in [-0.2, 0) is 23.7 Å². The summed E-state index contributed by atoms with van der Waals surface area (Å²) in [6.07, 6.45) is 2.23. The van der Waals surface area contributed by atoms with Crippen molar-refractivity contribution in [2.75, 3.05) is 58.1 Å². The van der Waals surface area contributed by atoms with Crippen molar-refractivity contribution < 1.29 is 33.6 Å². The normalized spacial score (nSPS) is 10.6. The molecule has 8 nitrogen and oxygen atoms in total. The van der Waals surface area contributed by atoms with Crippen LogP contribution in [0.5, 0.6) is 0 Å². The number of hydrogen-bond donors (Lipinski definition) is 2. The summed E-state index contributed by atoms with van der Waals surface area (Å²) in [4.78, 5) is 22.2.